The molecule has 8 heteroatoms. The molecule has 1 atom stereocenters. The molecule has 0 aliphatic rings. The molecule has 0 saturated carbocycles. The third kappa shape index (κ3) is 3.00. The number of pyridine rings is 1. The van der Waals surface area contributed by atoms with Gasteiger partial charge in [0.25, 0.3) is 0 Å². The van der Waals surface area contributed by atoms with Crippen LogP contribution in [0.4, 0.5) is 18.9 Å². The molecular formula is C6H5BrF3N2PS. The summed E-state index contributed by atoms with van der Waals surface area (Å²) in [6, 6.07) is 0. The van der Waals surface area contributed by atoms with Crippen molar-refractivity contribution in [3.63, 3.8) is 0 Å². The van der Waals surface area contributed by atoms with Gasteiger partial charge in [-0.3, -0.25) is 0 Å². The van der Waals surface area contributed by atoms with Gasteiger partial charge in [-0.05, 0) is 15.9 Å². The number of hydrogen-bond acceptors (Lipinski definition) is 3. The number of aromatic nitrogens is 1. The SMILES string of the molecule is Nc1c(Br)cnc(SC(F)(F)F)c1P. The third-order valence-corrected chi connectivity index (χ3v) is 3.46. The first-order valence-corrected chi connectivity index (χ1v) is 5.45. The van der Waals surface area contributed by atoms with Crippen molar-refractivity contribution in [1.29, 1.82) is 0 Å². The quantitative estimate of drug-likeness (QED) is 0.640. The average molecular weight is 305 g/mol. The molecule has 1 unspecified atom stereocenters. The number of halogens is 4. The molecule has 2 nitrogen and oxygen atoms in total. The van der Waals surface area contributed by atoms with Crippen molar-refractivity contribution in [2.24, 2.45) is 0 Å². The highest BCUT2D eigenvalue weighted by molar-refractivity contribution is 9.10. The van der Waals surface area contributed by atoms with Crippen LogP contribution >= 0.6 is 36.9 Å². The van der Waals surface area contributed by atoms with Crippen molar-refractivity contribution < 1.29 is 13.2 Å². The first-order chi connectivity index (χ1) is 6.31. The molecule has 78 valence electrons. The Kier molecular flexibility index (Phi) is 3.66. The number of hydrogen-bond donors (Lipinski definition) is 1. The minimum Gasteiger partial charge on any atom is -0.397 e. The lowest BCUT2D eigenvalue weighted by Gasteiger charge is -2.09. The molecule has 0 spiro atoms. The summed E-state index contributed by atoms with van der Waals surface area (Å²) >= 11 is 2.79. The van der Waals surface area contributed by atoms with Crippen molar-refractivity contribution >= 4 is 47.9 Å². The fourth-order valence-corrected chi connectivity index (χ4v) is 2.17. The van der Waals surface area contributed by atoms with Gasteiger partial charge in [-0.1, -0.05) is 0 Å². The van der Waals surface area contributed by atoms with Gasteiger partial charge in [-0.25, -0.2) is 4.98 Å². The summed E-state index contributed by atoms with van der Waals surface area (Å²) in [7, 11) is 2.14. The maximum Gasteiger partial charge on any atom is 0.447 e. The normalized spacial score (nSPS) is 11.8. The summed E-state index contributed by atoms with van der Waals surface area (Å²) in [6.07, 6.45) is 1.25. The third-order valence-electron chi connectivity index (χ3n) is 1.29. The van der Waals surface area contributed by atoms with Gasteiger partial charge in [0.05, 0.1) is 10.2 Å². The van der Waals surface area contributed by atoms with E-state index in [0.717, 1.165) is 0 Å². The molecule has 1 aromatic heterocycles. The van der Waals surface area contributed by atoms with Gasteiger partial charge in [0.1, 0.15) is 5.03 Å². The predicted octanol–water partition coefficient (Wildman–Crippen LogP) is 2.54. The van der Waals surface area contributed by atoms with Gasteiger partial charge < -0.3 is 5.73 Å². The van der Waals surface area contributed by atoms with E-state index in [4.69, 9.17) is 5.73 Å². The number of nitrogens with two attached hydrogens (primary N) is 1. The van der Waals surface area contributed by atoms with Crippen molar-refractivity contribution in [1.82, 2.24) is 4.98 Å². The van der Waals surface area contributed by atoms with E-state index in [9.17, 15) is 13.2 Å². The molecule has 0 aliphatic heterocycles. The summed E-state index contributed by atoms with van der Waals surface area (Å²) in [5.74, 6) is 0. The maximum atomic E-state index is 12.0. The van der Waals surface area contributed by atoms with Crippen LogP contribution in [0.3, 0.4) is 0 Å². The van der Waals surface area contributed by atoms with E-state index in [1.807, 2.05) is 0 Å². The van der Waals surface area contributed by atoms with Crippen LogP contribution < -0.4 is 11.0 Å². The molecule has 1 rings (SSSR count). The van der Waals surface area contributed by atoms with Gasteiger partial charge in [-0.2, -0.15) is 13.2 Å². The Hall–Kier alpha value is -0.000000000000000111. The number of thioether (sulfide) groups is 1. The van der Waals surface area contributed by atoms with E-state index in [2.05, 4.69) is 30.2 Å². The summed E-state index contributed by atoms with van der Waals surface area (Å²) in [4.78, 5) is 3.62. The van der Waals surface area contributed by atoms with Gasteiger partial charge in [-0.15, -0.1) is 9.24 Å². The Morgan fingerprint density at radius 2 is 2.07 bits per heavy atom. The van der Waals surface area contributed by atoms with Gasteiger partial charge in [0.2, 0.25) is 0 Å². The molecule has 1 aromatic rings. The standard InChI is InChI=1S/C6H5BrF3N2PS/c7-2-1-12-5(4(13)3(2)11)14-6(8,9)10/h1H,13H2,(H2,11,12). The average Bonchev–Trinajstić information content (AvgIpc) is 2.04. The molecule has 0 bridgehead atoms. The molecule has 14 heavy (non-hydrogen) atoms. The smallest absolute Gasteiger partial charge is 0.397 e. The lowest BCUT2D eigenvalue weighted by molar-refractivity contribution is -0.0329. The van der Waals surface area contributed by atoms with Crippen molar-refractivity contribution in [3.05, 3.63) is 10.7 Å². The topological polar surface area (TPSA) is 38.9 Å². The largest absolute Gasteiger partial charge is 0.447 e. The van der Waals surface area contributed by atoms with E-state index >= 15 is 0 Å². The van der Waals surface area contributed by atoms with Crippen LogP contribution in [-0.2, 0) is 0 Å². The molecule has 2 N–H and O–H groups in total. The number of nitrogens with zero attached hydrogens (tertiary/aromatic N) is 1. The second-order valence-corrected chi connectivity index (χ2v) is 4.77. The zero-order valence-electron chi connectivity index (χ0n) is 6.60. The highest BCUT2D eigenvalue weighted by Crippen LogP contribution is 2.36. The second kappa shape index (κ2) is 4.24. The number of anilines is 1. The zero-order valence-corrected chi connectivity index (χ0v) is 10.2. The van der Waals surface area contributed by atoms with Crippen LogP contribution in [0.15, 0.2) is 15.7 Å². The molecule has 1 heterocycles. The van der Waals surface area contributed by atoms with Crippen LogP contribution in [-0.4, -0.2) is 10.5 Å². The number of nitrogen functional groups attached to an aromatic ring is 1. The van der Waals surface area contributed by atoms with Gasteiger partial charge >= 0.3 is 5.51 Å². The summed E-state index contributed by atoms with van der Waals surface area (Å²) in [5.41, 5.74) is 1.41. The fourth-order valence-electron chi connectivity index (χ4n) is 0.689. The van der Waals surface area contributed by atoms with Crippen molar-refractivity contribution in [2.75, 3.05) is 5.73 Å². The minimum atomic E-state index is -4.35. The Balaban J connectivity index is 3.06. The van der Waals surface area contributed by atoms with Gasteiger partial charge in [0.15, 0.2) is 0 Å². The van der Waals surface area contributed by atoms with E-state index in [0.29, 0.717) is 4.47 Å². The lowest BCUT2D eigenvalue weighted by Crippen LogP contribution is -2.11. The Labute approximate surface area is 93.2 Å². The van der Waals surface area contributed by atoms with Crippen LogP contribution in [0.5, 0.6) is 0 Å². The van der Waals surface area contributed by atoms with E-state index in [1.165, 1.54) is 6.20 Å². The van der Waals surface area contributed by atoms with Crippen LogP contribution in [0.2, 0.25) is 0 Å². The number of alkyl halides is 3. The summed E-state index contributed by atoms with van der Waals surface area (Å²) < 4.78 is 36.5. The fraction of sp³-hybridized carbons (Fsp3) is 0.167. The number of rotatable bonds is 1. The predicted molar refractivity (Wildman–Crippen MR) is 57.6 cm³/mol. The van der Waals surface area contributed by atoms with Crippen molar-refractivity contribution in [2.45, 2.75) is 10.5 Å². The van der Waals surface area contributed by atoms with Crippen LogP contribution in [0, 0.1) is 0 Å². The monoisotopic (exact) mass is 304 g/mol. The zero-order chi connectivity index (χ0) is 10.9. The highest BCUT2D eigenvalue weighted by atomic mass is 79.9. The summed E-state index contributed by atoms with van der Waals surface area (Å²) in [5, 5.41) is 0.102. The Morgan fingerprint density at radius 1 is 1.50 bits per heavy atom. The van der Waals surface area contributed by atoms with Crippen LogP contribution in [0.25, 0.3) is 0 Å². The lowest BCUT2D eigenvalue weighted by atomic mass is 10.4. The summed E-state index contributed by atoms with van der Waals surface area (Å²) in [6.45, 7) is 0. The molecule has 0 amide bonds. The second-order valence-electron chi connectivity index (χ2n) is 2.29. The molecular weight excluding hydrogens is 300 g/mol. The molecule has 0 radical (unpaired) electrons. The van der Waals surface area contributed by atoms with Crippen LogP contribution in [0.1, 0.15) is 0 Å². The first kappa shape index (κ1) is 12.1. The molecule has 0 saturated heterocycles. The van der Waals surface area contributed by atoms with E-state index < -0.39 is 5.51 Å². The van der Waals surface area contributed by atoms with E-state index in [1.54, 1.807) is 0 Å². The first-order valence-electron chi connectivity index (χ1n) is 3.26. The minimum absolute atomic E-state index is 0.150. The Bertz CT molecular complexity index is 358. The Morgan fingerprint density at radius 3 is 2.57 bits per heavy atom. The van der Waals surface area contributed by atoms with E-state index in [-0.39, 0.29) is 27.8 Å². The maximum absolute atomic E-state index is 12.0. The molecule has 0 aromatic carbocycles. The van der Waals surface area contributed by atoms with Crippen molar-refractivity contribution in [3.8, 4) is 0 Å². The highest BCUT2D eigenvalue weighted by Gasteiger charge is 2.31. The van der Waals surface area contributed by atoms with Gasteiger partial charge in [0, 0.05) is 23.3 Å². The molecule has 0 fully saturated rings. The molecule has 0 aliphatic carbocycles.